The lowest BCUT2D eigenvalue weighted by atomic mass is 10.1. The quantitative estimate of drug-likeness (QED) is 0.233. The third-order valence-corrected chi connectivity index (χ3v) is 6.84. The van der Waals surface area contributed by atoms with Crippen LogP contribution in [0.5, 0.6) is 11.5 Å². The largest absolute Gasteiger partial charge is 0.490 e. The first-order valence-corrected chi connectivity index (χ1v) is 12.7. The fraction of sp³-hybridized carbons (Fsp3) is 0.133. The van der Waals surface area contributed by atoms with Gasteiger partial charge in [-0.1, -0.05) is 60.7 Å². The first kappa shape index (κ1) is 24.6. The maximum Gasteiger partial charge on any atom is 0.293 e. The molecule has 5 nitrogen and oxygen atoms in total. The van der Waals surface area contributed by atoms with E-state index in [4.69, 9.17) is 9.47 Å². The van der Waals surface area contributed by atoms with Gasteiger partial charge in [-0.3, -0.25) is 14.5 Å². The number of halogens is 1. The molecule has 37 heavy (non-hydrogen) atoms. The van der Waals surface area contributed by atoms with Crippen LogP contribution in [0, 0.1) is 5.82 Å². The van der Waals surface area contributed by atoms with Crippen molar-refractivity contribution >= 4 is 39.8 Å². The van der Waals surface area contributed by atoms with Gasteiger partial charge < -0.3 is 9.47 Å². The summed E-state index contributed by atoms with van der Waals surface area (Å²) < 4.78 is 25.5. The summed E-state index contributed by atoms with van der Waals surface area (Å²) in [7, 11) is 0. The van der Waals surface area contributed by atoms with E-state index in [2.05, 4.69) is 0 Å². The smallest absolute Gasteiger partial charge is 0.293 e. The number of carbonyl (C=O) groups is 2. The molecule has 0 unspecified atom stereocenters. The average Bonchev–Trinajstić information content (AvgIpc) is 3.16. The van der Waals surface area contributed by atoms with Crippen molar-refractivity contribution < 1.29 is 23.5 Å². The van der Waals surface area contributed by atoms with Gasteiger partial charge in [0.25, 0.3) is 11.1 Å². The molecule has 1 aliphatic rings. The van der Waals surface area contributed by atoms with Gasteiger partial charge in [-0.2, -0.15) is 0 Å². The van der Waals surface area contributed by atoms with Crippen LogP contribution < -0.4 is 9.47 Å². The number of thioether (sulfide) groups is 1. The first-order valence-electron chi connectivity index (χ1n) is 11.9. The summed E-state index contributed by atoms with van der Waals surface area (Å²) in [6, 6.07) is 25.6. The van der Waals surface area contributed by atoms with Gasteiger partial charge in [-0.25, -0.2) is 4.39 Å². The van der Waals surface area contributed by atoms with E-state index in [-0.39, 0.29) is 30.1 Å². The lowest BCUT2D eigenvalue weighted by Gasteiger charge is -2.14. The standard InChI is InChI=1S/C30H24FNO4S/c1-2-35-27-16-20(12-14-26(27)36-19-24-9-5-6-10-25(24)31)17-28-29(33)32(30(34)37-28)18-21-11-13-22-7-3-4-8-23(22)15-21/h3-17H,2,18-19H2,1H3/b28-17-. The molecule has 4 aromatic rings. The van der Waals surface area contributed by atoms with Crippen LogP contribution in [-0.2, 0) is 17.9 Å². The van der Waals surface area contributed by atoms with Crippen molar-refractivity contribution in [3.63, 3.8) is 0 Å². The molecule has 0 aromatic heterocycles. The van der Waals surface area contributed by atoms with Gasteiger partial charge in [-0.15, -0.1) is 0 Å². The Morgan fingerprint density at radius 1 is 0.865 bits per heavy atom. The summed E-state index contributed by atoms with van der Waals surface area (Å²) in [5.74, 6) is 0.270. The van der Waals surface area contributed by atoms with Crippen molar-refractivity contribution in [3.05, 3.63) is 112 Å². The van der Waals surface area contributed by atoms with Crippen molar-refractivity contribution in [1.82, 2.24) is 4.90 Å². The molecular formula is C30H24FNO4S. The first-order chi connectivity index (χ1) is 18.0. The topological polar surface area (TPSA) is 55.8 Å². The highest BCUT2D eigenvalue weighted by Gasteiger charge is 2.35. The van der Waals surface area contributed by atoms with Gasteiger partial charge in [0.05, 0.1) is 18.1 Å². The molecule has 186 valence electrons. The lowest BCUT2D eigenvalue weighted by molar-refractivity contribution is -0.123. The molecule has 0 radical (unpaired) electrons. The van der Waals surface area contributed by atoms with Crippen LogP contribution >= 0.6 is 11.8 Å². The minimum Gasteiger partial charge on any atom is -0.490 e. The highest BCUT2D eigenvalue weighted by atomic mass is 32.2. The zero-order chi connectivity index (χ0) is 25.8. The number of hydrogen-bond acceptors (Lipinski definition) is 5. The number of nitrogens with zero attached hydrogens (tertiary/aromatic N) is 1. The van der Waals surface area contributed by atoms with Crippen LogP contribution in [-0.4, -0.2) is 22.7 Å². The van der Waals surface area contributed by atoms with Gasteiger partial charge in [0.1, 0.15) is 12.4 Å². The number of ether oxygens (including phenoxy) is 2. The number of rotatable bonds is 8. The van der Waals surface area contributed by atoms with E-state index in [1.54, 1.807) is 42.5 Å². The zero-order valence-corrected chi connectivity index (χ0v) is 21.0. The SMILES string of the molecule is CCOc1cc(/C=C2\SC(=O)N(Cc3ccc4ccccc4c3)C2=O)ccc1OCc1ccccc1F. The number of imide groups is 1. The molecule has 0 saturated carbocycles. The second-order valence-corrected chi connectivity index (χ2v) is 9.46. The zero-order valence-electron chi connectivity index (χ0n) is 20.1. The third-order valence-electron chi connectivity index (χ3n) is 5.93. The normalized spacial score (nSPS) is 14.5. The monoisotopic (exact) mass is 513 g/mol. The molecule has 5 rings (SSSR count). The van der Waals surface area contributed by atoms with E-state index in [1.165, 1.54) is 11.0 Å². The number of amides is 2. The second-order valence-electron chi connectivity index (χ2n) is 8.47. The number of fused-ring (bicyclic) bond motifs is 1. The lowest BCUT2D eigenvalue weighted by Crippen LogP contribution is -2.27. The number of hydrogen-bond donors (Lipinski definition) is 0. The molecule has 1 aliphatic heterocycles. The average molecular weight is 514 g/mol. The van der Waals surface area contributed by atoms with Crippen molar-refractivity contribution in [1.29, 1.82) is 0 Å². The van der Waals surface area contributed by atoms with E-state index >= 15 is 0 Å². The molecule has 4 aromatic carbocycles. The van der Waals surface area contributed by atoms with Crippen LogP contribution in [0.4, 0.5) is 9.18 Å². The predicted octanol–water partition coefficient (Wildman–Crippen LogP) is 7.19. The van der Waals surface area contributed by atoms with Gasteiger partial charge in [0, 0.05) is 5.56 Å². The summed E-state index contributed by atoms with van der Waals surface area (Å²) >= 11 is 0.917. The van der Waals surface area contributed by atoms with Crippen LogP contribution in [0.2, 0.25) is 0 Å². The van der Waals surface area contributed by atoms with Gasteiger partial charge >= 0.3 is 0 Å². The summed E-state index contributed by atoms with van der Waals surface area (Å²) in [4.78, 5) is 27.4. The summed E-state index contributed by atoms with van der Waals surface area (Å²) in [6.07, 6.45) is 1.68. The molecule has 7 heteroatoms. The van der Waals surface area contributed by atoms with Crippen LogP contribution in [0.1, 0.15) is 23.6 Å². The van der Waals surface area contributed by atoms with Gasteiger partial charge in [0.15, 0.2) is 11.5 Å². The summed E-state index contributed by atoms with van der Waals surface area (Å²) in [5.41, 5.74) is 2.02. The van der Waals surface area contributed by atoms with Crippen molar-refractivity contribution in [2.75, 3.05) is 6.61 Å². The summed E-state index contributed by atoms with van der Waals surface area (Å²) in [6.45, 7) is 2.52. The maximum atomic E-state index is 14.0. The van der Waals surface area contributed by atoms with Crippen molar-refractivity contribution in [3.8, 4) is 11.5 Å². The Balaban J connectivity index is 1.33. The Morgan fingerprint density at radius 3 is 2.46 bits per heavy atom. The highest BCUT2D eigenvalue weighted by molar-refractivity contribution is 8.18. The molecule has 1 heterocycles. The Bertz CT molecular complexity index is 1520. The minimum absolute atomic E-state index is 0.0553. The minimum atomic E-state index is -0.337. The Morgan fingerprint density at radius 2 is 1.65 bits per heavy atom. The Labute approximate surface area is 218 Å². The predicted molar refractivity (Wildman–Crippen MR) is 144 cm³/mol. The molecule has 2 amide bonds. The van der Waals surface area contributed by atoms with Crippen molar-refractivity contribution in [2.45, 2.75) is 20.1 Å². The third kappa shape index (κ3) is 5.52. The van der Waals surface area contributed by atoms with Crippen LogP contribution in [0.25, 0.3) is 16.8 Å². The molecule has 1 saturated heterocycles. The van der Waals surface area contributed by atoms with E-state index < -0.39 is 0 Å². The number of benzene rings is 4. The van der Waals surface area contributed by atoms with Gasteiger partial charge in [-0.05, 0) is 70.9 Å². The van der Waals surface area contributed by atoms with E-state index in [0.29, 0.717) is 34.1 Å². The fourth-order valence-corrected chi connectivity index (χ4v) is 4.92. The van der Waals surface area contributed by atoms with E-state index in [0.717, 1.165) is 28.1 Å². The highest BCUT2D eigenvalue weighted by Crippen LogP contribution is 2.36. The second kappa shape index (κ2) is 10.9. The van der Waals surface area contributed by atoms with E-state index in [9.17, 15) is 14.0 Å². The maximum absolute atomic E-state index is 14.0. The van der Waals surface area contributed by atoms with Crippen LogP contribution in [0.15, 0.2) is 89.8 Å². The van der Waals surface area contributed by atoms with Crippen molar-refractivity contribution in [2.24, 2.45) is 0 Å². The van der Waals surface area contributed by atoms with Crippen LogP contribution in [0.3, 0.4) is 0 Å². The molecule has 0 N–H and O–H groups in total. The fourth-order valence-electron chi connectivity index (χ4n) is 4.08. The Hall–Kier alpha value is -4.10. The molecule has 0 atom stereocenters. The molecular weight excluding hydrogens is 489 g/mol. The Kier molecular flexibility index (Phi) is 7.23. The summed E-state index contributed by atoms with van der Waals surface area (Å²) in [5, 5.41) is 1.86. The van der Waals surface area contributed by atoms with Gasteiger partial charge in [0.2, 0.25) is 0 Å². The molecule has 1 fully saturated rings. The molecule has 0 spiro atoms. The molecule has 0 bridgehead atoms. The number of carbonyl (C=O) groups excluding carboxylic acids is 2. The molecule has 0 aliphatic carbocycles. The van der Waals surface area contributed by atoms with E-state index in [1.807, 2.05) is 49.4 Å².